The highest BCUT2D eigenvalue weighted by atomic mass is 19.2. The van der Waals surface area contributed by atoms with Crippen molar-refractivity contribution in [3.63, 3.8) is 0 Å². The molecule has 0 unspecified atom stereocenters. The number of hydrogen-bond donors (Lipinski definition) is 4. The third-order valence-corrected chi connectivity index (χ3v) is 5.13. The van der Waals surface area contributed by atoms with Gasteiger partial charge in [-0.25, -0.2) is 17.6 Å². The third-order valence-electron chi connectivity index (χ3n) is 5.13. The highest BCUT2D eigenvalue weighted by molar-refractivity contribution is 5.70. The molecular formula is C24H12F8N2O4. The number of anilines is 2. The van der Waals surface area contributed by atoms with Gasteiger partial charge in [0.15, 0.2) is 23.3 Å². The zero-order valence-corrected chi connectivity index (χ0v) is 18.4. The Morgan fingerprint density at radius 3 is 1.03 bits per heavy atom. The fourth-order valence-electron chi connectivity index (χ4n) is 3.27. The van der Waals surface area contributed by atoms with Gasteiger partial charge in [0.05, 0.1) is 22.5 Å². The summed E-state index contributed by atoms with van der Waals surface area (Å²) in [6.07, 6.45) is 0. The first-order valence-corrected chi connectivity index (χ1v) is 10.1. The summed E-state index contributed by atoms with van der Waals surface area (Å²) in [5.74, 6) is -24.4. The molecule has 4 aromatic carbocycles. The molecule has 0 aliphatic heterocycles. The topological polar surface area (TPSA) is 111 Å². The van der Waals surface area contributed by atoms with Gasteiger partial charge in [-0.05, 0) is 24.3 Å². The molecule has 0 heterocycles. The summed E-state index contributed by atoms with van der Waals surface area (Å²) in [5, 5.41) is 18.8. The lowest BCUT2D eigenvalue weighted by Crippen LogP contribution is -2.09. The summed E-state index contributed by atoms with van der Waals surface area (Å²) < 4.78 is 127. The van der Waals surface area contributed by atoms with Crippen LogP contribution >= 0.6 is 0 Å². The van der Waals surface area contributed by atoms with Crippen LogP contribution in [-0.2, 0) is 0 Å². The Labute approximate surface area is 206 Å². The Kier molecular flexibility index (Phi) is 6.57. The van der Waals surface area contributed by atoms with Crippen molar-refractivity contribution in [2.24, 2.45) is 0 Å². The molecule has 0 saturated heterocycles. The van der Waals surface area contributed by atoms with Crippen molar-refractivity contribution in [1.29, 1.82) is 0 Å². The van der Waals surface area contributed by atoms with E-state index in [1.807, 2.05) is 0 Å². The Balaban J connectivity index is 1.85. The van der Waals surface area contributed by atoms with Gasteiger partial charge in [0.25, 0.3) is 0 Å². The lowest BCUT2D eigenvalue weighted by molar-refractivity contribution is 0.360. The van der Waals surface area contributed by atoms with Gasteiger partial charge in [-0.1, -0.05) is 0 Å². The monoisotopic (exact) mass is 544 g/mol. The van der Waals surface area contributed by atoms with Crippen LogP contribution in [0.4, 0.5) is 46.5 Å². The van der Waals surface area contributed by atoms with Crippen molar-refractivity contribution in [1.82, 2.24) is 0 Å². The van der Waals surface area contributed by atoms with Gasteiger partial charge in [-0.15, -0.1) is 0 Å². The molecule has 0 aliphatic rings. The molecule has 0 spiro atoms. The number of benzene rings is 4. The van der Waals surface area contributed by atoms with Crippen LogP contribution in [-0.4, -0.2) is 10.2 Å². The molecule has 6 nitrogen and oxygen atoms in total. The summed E-state index contributed by atoms with van der Waals surface area (Å²) in [6, 6.07) is 5.35. The van der Waals surface area contributed by atoms with Gasteiger partial charge in [-0.3, -0.25) is 0 Å². The van der Waals surface area contributed by atoms with Crippen molar-refractivity contribution in [3.05, 3.63) is 82.9 Å². The molecule has 0 bridgehead atoms. The molecule has 6 N–H and O–H groups in total. The second-order valence-electron chi connectivity index (χ2n) is 7.57. The number of phenolic OH excluding ortho intramolecular Hbond substituents is 2. The minimum Gasteiger partial charge on any atom is -0.506 e. The van der Waals surface area contributed by atoms with Crippen LogP contribution in [0.3, 0.4) is 0 Å². The molecule has 0 aliphatic carbocycles. The van der Waals surface area contributed by atoms with Crippen LogP contribution in [0.25, 0.3) is 11.1 Å². The number of rotatable bonds is 5. The van der Waals surface area contributed by atoms with Gasteiger partial charge in [0.1, 0.15) is 23.0 Å². The van der Waals surface area contributed by atoms with E-state index in [0.717, 1.165) is 36.4 Å². The van der Waals surface area contributed by atoms with Crippen molar-refractivity contribution in [3.8, 4) is 45.6 Å². The summed E-state index contributed by atoms with van der Waals surface area (Å²) in [7, 11) is 0. The van der Waals surface area contributed by atoms with Crippen molar-refractivity contribution < 1.29 is 54.8 Å². The third kappa shape index (κ3) is 4.29. The predicted octanol–water partition coefficient (Wildman–Crippen LogP) is 6.63. The van der Waals surface area contributed by atoms with Crippen molar-refractivity contribution >= 4 is 11.4 Å². The van der Waals surface area contributed by atoms with Gasteiger partial charge >= 0.3 is 0 Å². The number of nitrogens with two attached hydrogens (primary N) is 2. The normalized spacial score (nSPS) is 11.1. The minimum atomic E-state index is -2.46. The lowest BCUT2D eigenvalue weighted by Gasteiger charge is -2.16. The molecule has 0 aromatic heterocycles. The zero-order valence-electron chi connectivity index (χ0n) is 18.4. The molecule has 4 aromatic rings. The smallest absolute Gasteiger partial charge is 0.205 e. The molecule has 0 amide bonds. The summed E-state index contributed by atoms with van der Waals surface area (Å²) in [4.78, 5) is 0. The van der Waals surface area contributed by atoms with Crippen LogP contribution in [0.2, 0.25) is 0 Å². The molecule has 14 heteroatoms. The van der Waals surface area contributed by atoms with Crippen molar-refractivity contribution in [2.75, 3.05) is 11.5 Å². The van der Waals surface area contributed by atoms with Crippen LogP contribution in [0, 0.1) is 46.5 Å². The standard InChI is InChI=1S/C24H12F8N2O4/c25-15-13(16(26)20(30)23(19(15)29)37-7-1-3-11(35)9(33)5-7)14-17(27)21(31)24(22(32)18(14)28)38-8-2-4-12(36)10(34)6-8/h1-6,35-36H,33-34H2. The van der Waals surface area contributed by atoms with E-state index in [4.69, 9.17) is 20.9 Å². The molecule has 0 fully saturated rings. The first-order valence-electron chi connectivity index (χ1n) is 10.1. The predicted molar refractivity (Wildman–Crippen MR) is 117 cm³/mol. The second kappa shape index (κ2) is 9.53. The number of phenols is 2. The SMILES string of the molecule is Nc1cc(Oc2c(F)c(F)c(-c3c(F)c(F)c(Oc4ccc(O)c(N)c4)c(F)c3F)c(F)c2F)ccc1O. The van der Waals surface area contributed by atoms with Crippen molar-refractivity contribution in [2.45, 2.75) is 0 Å². The molecular weight excluding hydrogens is 532 g/mol. The molecule has 4 rings (SSSR count). The van der Waals surface area contributed by atoms with Crippen LogP contribution in [0.15, 0.2) is 36.4 Å². The average Bonchev–Trinajstić information content (AvgIpc) is 2.88. The van der Waals surface area contributed by atoms with E-state index in [2.05, 4.69) is 0 Å². The second-order valence-corrected chi connectivity index (χ2v) is 7.57. The van der Waals surface area contributed by atoms with E-state index in [9.17, 15) is 45.3 Å². The number of hydrogen-bond acceptors (Lipinski definition) is 6. The van der Waals surface area contributed by atoms with Gasteiger partial charge in [0, 0.05) is 12.1 Å². The first-order chi connectivity index (χ1) is 17.8. The van der Waals surface area contributed by atoms with E-state index in [1.165, 1.54) is 0 Å². The van der Waals surface area contributed by atoms with E-state index >= 15 is 0 Å². The molecule has 0 radical (unpaired) electrons. The number of aromatic hydroxyl groups is 2. The maximum Gasteiger partial charge on any atom is 0.205 e. The maximum absolute atomic E-state index is 14.8. The zero-order chi connectivity index (χ0) is 28.0. The largest absolute Gasteiger partial charge is 0.506 e. The van der Waals surface area contributed by atoms with E-state index in [1.54, 1.807) is 0 Å². The maximum atomic E-state index is 14.8. The average molecular weight is 544 g/mol. The Morgan fingerprint density at radius 1 is 0.474 bits per heavy atom. The van der Waals surface area contributed by atoms with E-state index < -0.39 is 92.2 Å². The number of nitrogen functional groups attached to an aromatic ring is 2. The number of ether oxygens (including phenoxy) is 2. The molecule has 0 saturated carbocycles. The first kappa shape index (κ1) is 26.2. The fraction of sp³-hybridized carbons (Fsp3) is 0. The van der Waals surface area contributed by atoms with Crippen LogP contribution < -0.4 is 20.9 Å². The highest BCUT2D eigenvalue weighted by Crippen LogP contribution is 2.43. The fourth-order valence-corrected chi connectivity index (χ4v) is 3.27. The Morgan fingerprint density at radius 2 is 0.763 bits per heavy atom. The Bertz CT molecular complexity index is 1440. The van der Waals surface area contributed by atoms with Gasteiger partial charge in [0.2, 0.25) is 34.8 Å². The summed E-state index contributed by atoms with van der Waals surface area (Å²) >= 11 is 0. The number of halogens is 8. The van der Waals surface area contributed by atoms with Crippen LogP contribution in [0.1, 0.15) is 0 Å². The lowest BCUT2D eigenvalue weighted by atomic mass is 10.0. The van der Waals surface area contributed by atoms with E-state index in [-0.39, 0.29) is 11.4 Å². The molecule has 198 valence electrons. The van der Waals surface area contributed by atoms with Gasteiger partial charge < -0.3 is 31.2 Å². The highest BCUT2D eigenvalue weighted by Gasteiger charge is 2.35. The molecule has 38 heavy (non-hydrogen) atoms. The summed E-state index contributed by atoms with van der Waals surface area (Å²) in [5.41, 5.74) is 5.88. The van der Waals surface area contributed by atoms with Crippen LogP contribution in [0.5, 0.6) is 34.5 Å². The summed E-state index contributed by atoms with van der Waals surface area (Å²) in [6.45, 7) is 0. The quantitative estimate of drug-likeness (QED) is 0.0972. The molecule has 0 atom stereocenters. The minimum absolute atomic E-state index is 0.340. The van der Waals surface area contributed by atoms with Gasteiger partial charge in [-0.2, -0.15) is 17.6 Å². The Hall–Kier alpha value is -4.88. The van der Waals surface area contributed by atoms with E-state index in [0.29, 0.717) is 0 Å².